The van der Waals surface area contributed by atoms with Gasteiger partial charge >= 0.3 is 6.18 Å². The number of likely N-dealkylation sites (N-methyl/N-ethyl adjacent to an activating group) is 1. The molecule has 0 fully saturated rings. The third-order valence-corrected chi connectivity index (χ3v) is 4.01. The molecule has 20 heavy (non-hydrogen) atoms. The normalized spacial score (nSPS) is 17.1. The van der Waals surface area contributed by atoms with Crippen LogP contribution in [0.25, 0.3) is 0 Å². The van der Waals surface area contributed by atoms with Gasteiger partial charge in [0, 0.05) is 17.4 Å². The lowest BCUT2D eigenvalue weighted by Gasteiger charge is -2.24. The van der Waals surface area contributed by atoms with Crippen molar-refractivity contribution >= 4 is 27.7 Å². The maximum absolute atomic E-state index is 12.4. The fourth-order valence-electron chi connectivity index (χ4n) is 2.04. The molecule has 1 unspecified atom stereocenters. The van der Waals surface area contributed by atoms with Gasteiger partial charge in [0.1, 0.15) is 0 Å². The molecule has 0 bridgehead atoms. The molecule has 1 aromatic rings. The van der Waals surface area contributed by atoms with Crippen LogP contribution in [0.15, 0.2) is 18.2 Å². The molecular formula is C13H11BrF3NO2. The first-order valence-corrected chi connectivity index (χ1v) is 6.75. The van der Waals surface area contributed by atoms with E-state index in [9.17, 15) is 22.8 Å². The van der Waals surface area contributed by atoms with E-state index in [0.29, 0.717) is 11.1 Å². The van der Waals surface area contributed by atoms with Gasteiger partial charge in [0.25, 0.3) is 5.91 Å². The van der Waals surface area contributed by atoms with Crippen molar-refractivity contribution in [1.29, 1.82) is 0 Å². The molecule has 0 spiro atoms. The predicted molar refractivity (Wildman–Crippen MR) is 69.6 cm³/mol. The number of halogens is 4. The zero-order chi connectivity index (χ0) is 15.1. The van der Waals surface area contributed by atoms with Crippen LogP contribution in [0, 0.1) is 0 Å². The molecule has 1 aliphatic heterocycles. The number of benzene rings is 1. The number of amides is 2. The largest absolute Gasteiger partial charge is 0.390 e. The zero-order valence-electron chi connectivity index (χ0n) is 10.5. The number of nitrogens with zero attached hydrogens (tertiary/aromatic N) is 1. The molecule has 0 radical (unpaired) electrons. The van der Waals surface area contributed by atoms with Crippen molar-refractivity contribution in [2.45, 2.75) is 23.8 Å². The Kier molecular flexibility index (Phi) is 3.90. The zero-order valence-corrected chi connectivity index (χ0v) is 12.1. The first kappa shape index (κ1) is 15.0. The van der Waals surface area contributed by atoms with Gasteiger partial charge in [-0.3, -0.25) is 14.5 Å². The van der Waals surface area contributed by atoms with Gasteiger partial charge in [0.05, 0.1) is 12.8 Å². The Hall–Kier alpha value is -1.37. The summed E-state index contributed by atoms with van der Waals surface area (Å²) >= 11 is 2.98. The quantitative estimate of drug-likeness (QED) is 0.607. The van der Waals surface area contributed by atoms with Crippen molar-refractivity contribution in [3.63, 3.8) is 0 Å². The molecule has 0 saturated heterocycles. The van der Waals surface area contributed by atoms with Crippen molar-refractivity contribution in [1.82, 2.24) is 4.90 Å². The number of imide groups is 1. The summed E-state index contributed by atoms with van der Waals surface area (Å²) in [6.07, 6.45) is -5.22. The van der Waals surface area contributed by atoms with Gasteiger partial charge < -0.3 is 0 Å². The summed E-state index contributed by atoms with van der Waals surface area (Å²) in [5.74, 6) is -0.800. The molecular weight excluding hydrogens is 339 g/mol. The van der Waals surface area contributed by atoms with Crippen molar-refractivity contribution < 1.29 is 22.8 Å². The van der Waals surface area contributed by atoms with Crippen LogP contribution in [0.1, 0.15) is 32.7 Å². The van der Waals surface area contributed by atoms with E-state index >= 15 is 0 Å². The molecule has 0 aliphatic carbocycles. The minimum Gasteiger partial charge on any atom is -0.281 e. The minimum absolute atomic E-state index is 0.0874. The van der Waals surface area contributed by atoms with Crippen molar-refractivity contribution in [2.24, 2.45) is 0 Å². The Morgan fingerprint density at radius 2 is 2.00 bits per heavy atom. The third-order valence-electron chi connectivity index (χ3n) is 3.16. The monoisotopic (exact) mass is 349 g/mol. The summed E-state index contributed by atoms with van der Waals surface area (Å²) in [7, 11) is 1.36. The highest BCUT2D eigenvalue weighted by Crippen LogP contribution is 2.36. The first-order chi connectivity index (χ1) is 9.19. The van der Waals surface area contributed by atoms with Gasteiger partial charge in [0.2, 0.25) is 5.91 Å². The summed E-state index contributed by atoms with van der Waals surface area (Å²) in [6, 6.07) is 4.47. The molecule has 1 atom stereocenters. The van der Waals surface area contributed by atoms with Crippen LogP contribution in [0.4, 0.5) is 13.2 Å². The Labute approximate surface area is 121 Å². The van der Waals surface area contributed by atoms with Gasteiger partial charge in [-0.15, -0.1) is 0 Å². The highest BCUT2D eigenvalue weighted by molar-refractivity contribution is 9.09. The van der Waals surface area contributed by atoms with Gasteiger partial charge in [0.15, 0.2) is 0 Å². The number of rotatable bonds is 2. The lowest BCUT2D eigenvalue weighted by molar-refractivity contribution is -0.134. The highest BCUT2D eigenvalue weighted by Gasteiger charge is 2.33. The molecule has 1 heterocycles. The minimum atomic E-state index is -4.29. The van der Waals surface area contributed by atoms with Crippen LogP contribution >= 0.6 is 15.9 Å². The van der Waals surface area contributed by atoms with Gasteiger partial charge in [-0.2, -0.15) is 13.2 Å². The third kappa shape index (κ3) is 3.03. The summed E-state index contributed by atoms with van der Waals surface area (Å²) in [4.78, 5) is 23.5. The number of fused-ring (bicyclic) bond motifs is 1. The molecule has 1 aromatic carbocycles. The smallest absolute Gasteiger partial charge is 0.281 e. The number of carbonyl (C=O) groups is 2. The highest BCUT2D eigenvalue weighted by atomic mass is 79.9. The Bertz CT molecular complexity index is 571. The van der Waals surface area contributed by atoms with E-state index < -0.39 is 23.3 Å². The Balaban J connectivity index is 2.33. The maximum Gasteiger partial charge on any atom is 0.390 e. The molecule has 0 aromatic heterocycles. The van der Waals surface area contributed by atoms with E-state index in [-0.39, 0.29) is 17.9 Å². The Morgan fingerprint density at radius 1 is 1.35 bits per heavy atom. The Morgan fingerprint density at radius 3 is 2.60 bits per heavy atom. The van der Waals surface area contributed by atoms with Crippen LogP contribution in [-0.4, -0.2) is 29.9 Å². The van der Waals surface area contributed by atoms with Crippen molar-refractivity contribution in [2.75, 3.05) is 7.05 Å². The van der Waals surface area contributed by atoms with Gasteiger partial charge in [-0.25, -0.2) is 0 Å². The number of hydrogen-bond acceptors (Lipinski definition) is 2. The van der Waals surface area contributed by atoms with Gasteiger partial charge in [-0.05, 0) is 17.2 Å². The average Bonchev–Trinajstić information content (AvgIpc) is 2.34. The summed E-state index contributed by atoms with van der Waals surface area (Å²) in [5, 5.41) is 0. The van der Waals surface area contributed by atoms with E-state index in [1.165, 1.54) is 25.2 Å². The summed E-state index contributed by atoms with van der Waals surface area (Å²) in [6.45, 7) is 0. The van der Waals surface area contributed by atoms with E-state index in [2.05, 4.69) is 15.9 Å². The second-order valence-electron chi connectivity index (χ2n) is 4.64. The molecule has 3 nitrogen and oxygen atoms in total. The molecule has 2 rings (SSSR count). The fraction of sp³-hybridized carbons (Fsp3) is 0.385. The number of carbonyl (C=O) groups excluding carboxylic acids is 2. The SMILES string of the molecule is CN1C(=O)Cc2ccc(C(Br)CC(F)(F)F)cc2C1=O. The lowest BCUT2D eigenvalue weighted by Crippen LogP contribution is -2.39. The standard InChI is InChI=1S/C13H11BrF3NO2/c1-18-11(19)5-7-2-3-8(4-9(7)12(18)20)10(14)6-13(15,16)17/h2-4,10H,5-6H2,1H3. The molecule has 2 amide bonds. The van der Waals surface area contributed by atoms with E-state index in [4.69, 9.17) is 0 Å². The van der Waals surface area contributed by atoms with Gasteiger partial charge in [-0.1, -0.05) is 28.1 Å². The summed E-state index contributed by atoms with van der Waals surface area (Å²) < 4.78 is 37.1. The molecule has 7 heteroatoms. The van der Waals surface area contributed by atoms with Crippen LogP contribution in [0.3, 0.4) is 0 Å². The molecule has 1 aliphatic rings. The predicted octanol–water partition coefficient (Wildman–Crippen LogP) is 3.23. The van der Waals surface area contributed by atoms with Crippen molar-refractivity contribution in [3.05, 3.63) is 34.9 Å². The number of alkyl halides is 4. The molecule has 0 N–H and O–H groups in total. The van der Waals surface area contributed by atoms with Crippen LogP contribution in [-0.2, 0) is 11.2 Å². The second-order valence-corrected chi connectivity index (χ2v) is 5.74. The first-order valence-electron chi connectivity index (χ1n) is 5.83. The van der Waals surface area contributed by atoms with Crippen molar-refractivity contribution in [3.8, 4) is 0 Å². The van der Waals surface area contributed by atoms with Crippen LogP contribution < -0.4 is 0 Å². The second kappa shape index (κ2) is 5.20. The summed E-state index contributed by atoms with van der Waals surface area (Å²) in [5.41, 5.74) is 1.21. The van der Waals surface area contributed by atoms with E-state index in [1.807, 2.05) is 0 Å². The maximum atomic E-state index is 12.4. The molecule has 0 saturated carbocycles. The van der Waals surface area contributed by atoms with E-state index in [0.717, 1.165) is 4.90 Å². The number of hydrogen-bond donors (Lipinski definition) is 0. The topological polar surface area (TPSA) is 37.4 Å². The average molecular weight is 350 g/mol. The van der Waals surface area contributed by atoms with Crippen LogP contribution in [0.5, 0.6) is 0 Å². The van der Waals surface area contributed by atoms with E-state index in [1.54, 1.807) is 0 Å². The van der Waals surface area contributed by atoms with Crippen LogP contribution in [0.2, 0.25) is 0 Å². The molecule has 108 valence electrons. The fourth-order valence-corrected chi connectivity index (χ4v) is 2.69. The lowest BCUT2D eigenvalue weighted by atomic mass is 9.95.